The molecule has 1 amide bonds. The molecule has 4 heterocycles. The van der Waals surface area contributed by atoms with Gasteiger partial charge in [0.15, 0.2) is 0 Å². The molecule has 3 aliphatic rings. The minimum atomic E-state index is -0.215. The third kappa shape index (κ3) is 3.19. The number of nitrogen functional groups attached to an aromatic ring is 1. The van der Waals surface area contributed by atoms with Gasteiger partial charge in [-0.25, -0.2) is 5.41 Å². The van der Waals surface area contributed by atoms with Gasteiger partial charge in [0.05, 0.1) is 5.56 Å². The second-order valence-electron chi connectivity index (χ2n) is 6.95. The number of nitrogens with two attached hydrogens (primary N) is 2. The molecule has 5 nitrogen and oxygen atoms in total. The molecule has 2 bridgehead atoms. The fourth-order valence-electron chi connectivity index (χ4n) is 3.89. The summed E-state index contributed by atoms with van der Waals surface area (Å²) in [6.45, 7) is 3.21. The van der Waals surface area contributed by atoms with Crippen molar-refractivity contribution in [2.24, 2.45) is 5.92 Å². The number of hydrogen-bond donors (Lipinski definition) is 3. The highest BCUT2D eigenvalue weighted by Crippen LogP contribution is 2.28. The van der Waals surface area contributed by atoms with Crippen LogP contribution in [-0.2, 0) is 4.79 Å². The Hall–Kier alpha value is -2.18. The zero-order valence-electron chi connectivity index (χ0n) is 14.1. The highest BCUT2D eigenvalue weighted by Gasteiger charge is 2.36. The Balaban J connectivity index is 1.52. The van der Waals surface area contributed by atoms with Gasteiger partial charge < -0.3 is 16.0 Å². The number of nitrogens with zero attached hydrogens (tertiary/aromatic N) is 1. The van der Waals surface area contributed by atoms with E-state index in [1.54, 1.807) is 11.3 Å². The summed E-state index contributed by atoms with van der Waals surface area (Å²) in [5.74, 6) is 0.351. The van der Waals surface area contributed by atoms with Crippen molar-refractivity contribution in [3.8, 4) is 11.1 Å². The molecule has 1 atom stereocenters. The van der Waals surface area contributed by atoms with Crippen LogP contribution in [0.4, 0.5) is 5.69 Å². The number of carbonyl (C=O) groups is 1. The van der Waals surface area contributed by atoms with Gasteiger partial charge in [-0.1, -0.05) is 6.07 Å². The van der Waals surface area contributed by atoms with Crippen LogP contribution in [0.2, 0.25) is 0 Å². The predicted octanol–water partition coefficient (Wildman–Crippen LogP) is 0.756. The van der Waals surface area contributed by atoms with Crippen molar-refractivity contribution >= 4 is 28.6 Å². The number of rotatable bonds is 4. The lowest BCUT2D eigenvalue weighted by Gasteiger charge is -2.44. The molecule has 2 aromatic rings. The number of carbonyl (C=O) groups excluding carboxylic acids is 1. The van der Waals surface area contributed by atoms with E-state index in [1.807, 2.05) is 29.6 Å². The van der Waals surface area contributed by atoms with E-state index in [0.717, 1.165) is 43.6 Å². The van der Waals surface area contributed by atoms with Gasteiger partial charge in [-0.15, -0.1) is 0 Å². The first-order valence-corrected chi connectivity index (χ1v) is 9.64. The highest BCUT2D eigenvalue weighted by molar-refractivity contribution is 7.08. The molecule has 6 heteroatoms. The molecule has 1 aromatic heterocycles. The van der Waals surface area contributed by atoms with Crippen LogP contribution in [0.25, 0.3) is 11.1 Å². The molecule has 5 rings (SSSR count). The number of nitrogens with one attached hydrogen (secondary N) is 1. The van der Waals surface area contributed by atoms with Crippen molar-refractivity contribution in [2.75, 3.05) is 25.4 Å². The molecular weight excluding hydrogens is 332 g/mol. The Labute approximate surface area is 151 Å². The van der Waals surface area contributed by atoms with Gasteiger partial charge in [-0.2, -0.15) is 11.3 Å². The van der Waals surface area contributed by atoms with Gasteiger partial charge >= 0.3 is 5.91 Å². The van der Waals surface area contributed by atoms with Gasteiger partial charge in [-0.3, -0.25) is 4.79 Å². The van der Waals surface area contributed by atoms with Crippen LogP contribution in [0.15, 0.2) is 35.0 Å². The molecule has 130 valence electrons. The van der Waals surface area contributed by atoms with E-state index in [-0.39, 0.29) is 17.7 Å². The second kappa shape index (κ2) is 6.61. The average Bonchev–Trinajstić information content (AvgIpc) is 3.17. The molecule has 3 fully saturated rings. The normalized spacial score (nSPS) is 24.9. The fourth-order valence-corrected chi connectivity index (χ4v) is 4.56. The van der Waals surface area contributed by atoms with Gasteiger partial charge in [0.2, 0.25) is 0 Å². The van der Waals surface area contributed by atoms with E-state index < -0.39 is 0 Å². The first kappa shape index (κ1) is 16.3. The van der Waals surface area contributed by atoms with E-state index >= 15 is 0 Å². The molecule has 3 saturated heterocycles. The topological polar surface area (TPSA) is 84.0 Å². The second-order valence-corrected chi connectivity index (χ2v) is 7.73. The summed E-state index contributed by atoms with van der Waals surface area (Å²) in [5, 5.41) is 13.4. The Morgan fingerprint density at radius 3 is 2.68 bits per heavy atom. The van der Waals surface area contributed by atoms with Gasteiger partial charge in [0.25, 0.3) is 5.71 Å². The maximum atomic E-state index is 12.7. The number of benzene rings is 1. The predicted molar refractivity (Wildman–Crippen MR) is 101 cm³/mol. The molecule has 0 saturated carbocycles. The third-order valence-electron chi connectivity index (χ3n) is 5.42. The number of amides is 1. The maximum Gasteiger partial charge on any atom is 0.316 e. The lowest BCUT2D eigenvalue weighted by atomic mass is 9.84. The van der Waals surface area contributed by atoms with Crippen LogP contribution in [-0.4, -0.2) is 42.2 Å². The summed E-state index contributed by atoms with van der Waals surface area (Å²) >= 11 is 1.64. The van der Waals surface area contributed by atoms with Crippen molar-refractivity contribution in [1.29, 1.82) is 0 Å². The summed E-state index contributed by atoms with van der Waals surface area (Å²) in [6.07, 6.45) is 2.31. The zero-order valence-corrected chi connectivity index (χ0v) is 14.9. The Kier molecular flexibility index (Phi) is 4.31. The van der Waals surface area contributed by atoms with Crippen LogP contribution < -0.4 is 16.5 Å². The quantitative estimate of drug-likeness (QED) is 0.559. The summed E-state index contributed by atoms with van der Waals surface area (Å²) in [6, 6.07) is 7.91. The number of hydrogen-bond acceptors (Lipinski definition) is 4. The van der Waals surface area contributed by atoms with Crippen LogP contribution in [0, 0.1) is 5.92 Å². The average molecular weight is 355 g/mol. The molecule has 0 radical (unpaired) electrons. The van der Waals surface area contributed by atoms with E-state index in [4.69, 9.17) is 11.1 Å². The highest BCUT2D eigenvalue weighted by atomic mass is 32.1. The third-order valence-corrected chi connectivity index (χ3v) is 6.10. The lowest BCUT2D eigenvalue weighted by Crippen LogP contribution is -2.60. The minimum Gasteiger partial charge on any atom is -0.398 e. The zero-order chi connectivity index (χ0) is 17.4. The van der Waals surface area contributed by atoms with Gasteiger partial charge in [0.1, 0.15) is 0 Å². The number of fused-ring (bicyclic) bond motifs is 3. The molecule has 1 aromatic carbocycles. The Morgan fingerprint density at radius 2 is 2.04 bits per heavy atom. The summed E-state index contributed by atoms with van der Waals surface area (Å²) in [5.41, 5.74) is 9.56. The molecule has 3 aliphatic heterocycles. The maximum absolute atomic E-state index is 12.7. The Bertz CT molecular complexity index is 794. The smallest absolute Gasteiger partial charge is 0.316 e. The summed E-state index contributed by atoms with van der Waals surface area (Å²) < 4.78 is 0. The van der Waals surface area contributed by atoms with Crippen molar-refractivity contribution in [3.05, 3.63) is 40.6 Å². The molecule has 0 unspecified atom stereocenters. The van der Waals surface area contributed by atoms with Crippen molar-refractivity contribution in [2.45, 2.75) is 18.9 Å². The van der Waals surface area contributed by atoms with Gasteiger partial charge in [0, 0.05) is 18.3 Å². The number of anilines is 1. The number of piperidine rings is 3. The number of thiophene rings is 1. The summed E-state index contributed by atoms with van der Waals surface area (Å²) in [4.78, 5) is 15.1. The lowest BCUT2D eigenvalue weighted by molar-refractivity contribution is -0.136. The van der Waals surface area contributed by atoms with Gasteiger partial charge in [-0.05, 0) is 71.9 Å². The monoisotopic (exact) mass is 355 g/mol. The van der Waals surface area contributed by atoms with E-state index in [9.17, 15) is 4.79 Å². The molecular formula is C19H23N4OS+. The van der Waals surface area contributed by atoms with Crippen LogP contribution in [0.3, 0.4) is 0 Å². The minimum absolute atomic E-state index is 0.190. The van der Waals surface area contributed by atoms with E-state index in [2.05, 4.69) is 15.6 Å². The first-order valence-electron chi connectivity index (χ1n) is 8.70. The van der Waals surface area contributed by atoms with Crippen LogP contribution >= 0.6 is 11.3 Å². The standard InChI is InChI=1S/C19H22N4OS/c20-16-2-1-13(14-5-8-25-11-14)9-15(16)18(21)19(24)22-17-10-23-6-3-12(17)4-7-23/h1-2,5,8-9,11-12,17,21H,3-4,6-7,10,20H2,(H,22,24)/p+1/t17-/m1/s1. The van der Waals surface area contributed by atoms with Crippen molar-refractivity contribution < 1.29 is 10.2 Å². The van der Waals surface area contributed by atoms with E-state index in [0.29, 0.717) is 17.2 Å². The first-order chi connectivity index (χ1) is 12.1. The van der Waals surface area contributed by atoms with E-state index in [1.165, 1.54) is 0 Å². The van der Waals surface area contributed by atoms with Crippen molar-refractivity contribution in [3.63, 3.8) is 0 Å². The van der Waals surface area contributed by atoms with Crippen LogP contribution in [0.5, 0.6) is 0 Å². The molecule has 5 N–H and O–H groups in total. The Morgan fingerprint density at radius 1 is 1.24 bits per heavy atom. The SMILES string of the molecule is Nc1ccc(-c2ccsc2)cc1C(=[NH2+])C(=O)N[C@@H]1CN2CCC1CC2. The van der Waals surface area contributed by atoms with Crippen LogP contribution in [0.1, 0.15) is 18.4 Å². The molecule has 0 spiro atoms. The largest absolute Gasteiger partial charge is 0.398 e. The van der Waals surface area contributed by atoms with Crippen molar-refractivity contribution in [1.82, 2.24) is 10.2 Å². The molecule has 0 aliphatic carbocycles. The molecule has 25 heavy (non-hydrogen) atoms. The summed E-state index contributed by atoms with van der Waals surface area (Å²) in [7, 11) is 0. The fraction of sp³-hybridized carbons (Fsp3) is 0.368.